The van der Waals surface area contributed by atoms with Gasteiger partial charge in [0.2, 0.25) is 0 Å². The number of nitrogens with zero attached hydrogens (tertiary/aromatic N) is 3. The summed E-state index contributed by atoms with van der Waals surface area (Å²) in [5, 5.41) is 2.49. The Labute approximate surface area is 186 Å². The van der Waals surface area contributed by atoms with Crippen molar-refractivity contribution in [3.8, 4) is 0 Å². The second-order valence-electron chi connectivity index (χ2n) is 8.02. The summed E-state index contributed by atoms with van der Waals surface area (Å²) < 4.78 is 0. The van der Waals surface area contributed by atoms with Crippen molar-refractivity contribution < 1.29 is 9.59 Å². The van der Waals surface area contributed by atoms with Gasteiger partial charge in [0, 0.05) is 37.8 Å². The van der Waals surface area contributed by atoms with Gasteiger partial charge in [-0.1, -0.05) is 23.8 Å². The van der Waals surface area contributed by atoms with Crippen molar-refractivity contribution in [2.75, 3.05) is 26.2 Å². The van der Waals surface area contributed by atoms with E-state index in [9.17, 15) is 9.59 Å². The fourth-order valence-electron chi connectivity index (χ4n) is 4.14. The summed E-state index contributed by atoms with van der Waals surface area (Å²) in [6.45, 7) is 6.57. The minimum absolute atomic E-state index is 0.00477. The van der Waals surface area contributed by atoms with Crippen molar-refractivity contribution in [3.05, 3.63) is 62.1 Å². The zero-order valence-electron chi connectivity index (χ0n) is 17.4. The lowest BCUT2D eigenvalue weighted by Gasteiger charge is -2.33. The van der Waals surface area contributed by atoms with E-state index in [4.69, 9.17) is 16.6 Å². The van der Waals surface area contributed by atoms with E-state index >= 15 is 0 Å². The molecule has 2 aromatic heterocycles. The van der Waals surface area contributed by atoms with Crippen molar-refractivity contribution in [1.29, 1.82) is 0 Å². The molecular formula is C23H26ClN3O2S. The lowest BCUT2D eigenvalue weighted by Crippen LogP contribution is -2.39. The average molecular weight is 444 g/mol. The van der Waals surface area contributed by atoms with Crippen molar-refractivity contribution in [3.63, 3.8) is 0 Å². The Morgan fingerprint density at radius 3 is 2.47 bits per heavy atom. The molecule has 0 aromatic carbocycles. The van der Waals surface area contributed by atoms with Gasteiger partial charge in [0.25, 0.3) is 11.8 Å². The van der Waals surface area contributed by atoms with E-state index in [2.05, 4.69) is 6.08 Å². The highest BCUT2D eigenvalue weighted by atomic mass is 35.5. The van der Waals surface area contributed by atoms with Crippen LogP contribution in [-0.2, 0) is 0 Å². The number of hydrogen-bond donors (Lipinski definition) is 0. The minimum Gasteiger partial charge on any atom is -0.338 e. The van der Waals surface area contributed by atoms with Crippen molar-refractivity contribution in [2.45, 2.75) is 39.0 Å². The Morgan fingerprint density at radius 2 is 1.83 bits per heavy atom. The molecule has 0 atom stereocenters. The summed E-state index contributed by atoms with van der Waals surface area (Å²) in [6.07, 6.45) is 6.65. The molecule has 2 aromatic rings. The van der Waals surface area contributed by atoms with Gasteiger partial charge < -0.3 is 9.80 Å². The molecule has 4 heterocycles. The van der Waals surface area contributed by atoms with Crippen LogP contribution in [0.2, 0.25) is 5.02 Å². The van der Waals surface area contributed by atoms with E-state index in [-0.39, 0.29) is 17.7 Å². The highest BCUT2D eigenvalue weighted by molar-refractivity contribution is 7.13. The topological polar surface area (TPSA) is 53.5 Å². The molecule has 5 nitrogen and oxygen atoms in total. The zero-order valence-corrected chi connectivity index (χ0v) is 18.9. The van der Waals surface area contributed by atoms with Gasteiger partial charge in [-0.25, -0.2) is 0 Å². The summed E-state index contributed by atoms with van der Waals surface area (Å²) in [7, 11) is 0. The molecule has 0 unspecified atom stereocenters. The molecule has 1 fully saturated rings. The van der Waals surface area contributed by atoms with Crippen molar-refractivity contribution in [2.24, 2.45) is 0 Å². The van der Waals surface area contributed by atoms with Gasteiger partial charge >= 0.3 is 0 Å². The Balaban J connectivity index is 1.50. The molecule has 4 rings (SSSR count). The van der Waals surface area contributed by atoms with Gasteiger partial charge in [-0.05, 0) is 56.2 Å². The van der Waals surface area contributed by atoms with Crippen molar-refractivity contribution >= 4 is 34.8 Å². The molecule has 158 valence electrons. The molecule has 2 aliphatic rings. The lowest BCUT2D eigenvalue weighted by atomic mass is 9.89. The first kappa shape index (κ1) is 21.1. The second-order valence-corrected chi connectivity index (χ2v) is 9.28. The predicted octanol–water partition coefficient (Wildman–Crippen LogP) is 4.84. The number of amides is 2. The maximum absolute atomic E-state index is 13.1. The molecule has 1 saturated heterocycles. The molecule has 0 spiro atoms. The first-order valence-corrected chi connectivity index (χ1v) is 11.7. The van der Waals surface area contributed by atoms with Crippen LogP contribution in [0.4, 0.5) is 0 Å². The standard InChI is InChI=1S/C23H26ClN3O2S/c1-15-14-30-21(19(15)24)23(29)27-12-8-17(9-13-27)20-18(7-6-16(2)25-20)22(28)26-10-4-3-5-11-26/h3-4,6-7,14,17H,5,8-13H2,1-2H3. The van der Waals surface area contributed by atoms with Gasteiger partial charge in [0.05, 0.1) is 16.3 Å². The van der Waals surface area contributed by atoms with Crippen LogP contribution in [0.3, 0.4) is 0 Å². The van der Waals surface area contributed by atoms with Crippen LogP contribution >= 0.6 is 22.9 Å². The number of piperidine rings is 1. The van der Waals surface area contributed by atoms with E-state index in [1.807, 2.05) is 47.2 Å². The molecule has 0 aliphatic carbocycles. The van der Waals surface area contributed by atoms with Crippen LogP contribution < -0.4 is 0 Å². The Bertz CT molecular complexity index is 992. The number of carbonyl (C=O) groups excluding carboxylic acids is 2. The number of pyridine rings is 1. The molecule has 0 radical (unpaired) electrons. The highest BCUT2D eigenvalue weighted by Gasteiger charge is 2.30. The highest BCUT2D eigenvalue weighted by Crippen LogP contribution is 2.33. The van der Waals surface area contributed by atoms with E-state index in [0.717, 1.165) is 42.8 Å². The molecular weight excluding hydrogens is 418 g/mol. The van der Waals surface area contributed by atoms with Crippen LogP contribution in [0.15, 0.2) is 29.7 Å². The van der Waals surface area contributed by atoms with Crippen LogP contribution in [0.5, 0.6) is 0 Å². The zero-order chi connectivity index (χ0) is 21.3. The molecule has 2 aliphatic heterocycles. The number of halogens is 1. The van der Waals surface area contributed by atoms with Gasteiger partial charge in [-0.3, -0.25) is 14.6 Å². The third-order valence-electron chi connectivity index (χ3n) is 5.90. The Hall–Kier alpha value is -2.18. The molecule has 30 heavy (non-hydrogen) atoms. The van der Waals surface area contributed by atoms with E-state index in [1.54, 1.807) is 0 Å². The van der Waals surface area contributed by atoms with Gasteiger partial charge in [0.1, 0.15) is 4.88 Å². The summed E-state index contributed by atoms with van der Waals surface area (Å²) in [5.74, 6) is 0.236. The summed E-state index contributed by atoms with van der Waals surface area (Å²) in [5.41, 5.74) is 3.45. The molecule has 0 N–H and O–H groups in total. The van der Waals surface area contributed by atoms with Gasteiger partial charge in [-0.15, -0.1) is 11.3 Å². The summed E-state index contributed by atoms with van der Waals surface area (Å²) in [4.78, 5) is 35.2. The largest absolute Gasteiger partial charge is 0.338 e. The first-order chi connectivity index (χ1) is 14.5. The molecule has 7 heteroatoms. The normalized spacial score (nSPS) is 17.4. The number of thiophene rings is 1. The maximum Gasteiger partial charge on any atom is 0.265 e. The average Bonchev–Trinajstić information content (AvgIpc) is 3.11. The van der Waals surface area contributed by atoms with Gasteiger partial charge in [0.15, 0.2) is 0 Å². The minimum atomic E-state index is 0.00477. The fraction of sp³-hybridized carbons (Fsp3) is 0.435. The first-order valence-electron chi connectivity index (χ1n) is 10.4. The van der Waals surface area contributed by atoms with E-state index in [0.29, 0.717) is 35.1 Å². The number of carbonyl (C=O) groups is 2. The van der Waals surface area contributed by atoms with Crippen LogP contribution in [0.25, 0.3) is 0 Å². The summed E-state index contributed by atoms with van der Waals surface area (Å²) in [6, 6.07) is 3.83. The fourth-order valence-corrected chi connectivity index (χ4v) is 5.38. The van der Waals surface area contributed by atoms with E-state index in [1.165, 1.54) is 11.3 Å². The van der Waals surface area contributed by atoms with E-state index < -0.39 is 0 Å². The molecule has 0 saturated carbocycles. The van der Waals surface area contributed by atoms with Crippen LogP contribution in [0, 0.1) is 13.8 Å². The number of aromatic nitrogens is 1. The van der Waals surface area contributed by atoms with Crippen LogP contribution in [-0.4, -0.2) is 52.8 Å². The van der Waals surface area contributed by atoms with Crippen molar-refractivity contribution in [1.82, 2.24) is 14.8 Å². The van der Waals surface area contributed by atoms with Crippen LogP contribution in [0.1, 0.15) is 62.2 Å². The lowest BCUT2D eigenvalue weighted by molar-refractivity contribution is 0.0710. The maximum atomic E-state index is 13.1. The molecule has 0 bridgehead atoms. The number of aryl methyl sites for hydroxylation is 2. The monoisotopic (exact) mass is 443 g/mol. The second kappa shape index (κ2) is 8.90. The Kier molecular flexibility index (Phi) is 6.25. The quantitative estimate of drug-likeness (QED) is 0.638. The van der Waals surface area contributed by atoms with Gasteiger partial charge in [-0.2, -0.15) is 0 Å². The number of likely N-dealkylation sites (tertiary alicyclic amines) is 1. The Morgan fingerprint density at radius 1 is 1.07 bits per heavy atom. The molecule has 2 amide bonds. The smallest absolute Gasteiger partial charge is 0.265 e. The third-order valence-corrected chi connectivity index (χ3v) is 7.59. The number of rotatable bonds is 3. The predicted molar refractivity (Wildman–Crippen MR) is 121 cm³/mol. The SMILES string of the molecule is Cc1ccc(C(=O)N2CC=CCC2)c(C2CCN(C(=O)c3scc(C)c3Cl)CC2)n1. The number of hydrogen-bond acceptors (Lipinski definition) is 4. The summed E-state index contributed by atoms with van der Waals surface area (Å²) >= 11 is 7.71. The third kappa shape index (κ3) is 4.16.